The largest absolute Gasteiger partial charge is 0.477 e. The molecule has 3 heterocycles. The highest BCUT2D eigenvalue weighted by molar-refractivity contribution is 9.10. The fourth-order valence-corrected chi connectivity index (χ4v) is 4.11. The average Bonchev–Trinajstić information content (AvgIpc) is 3.24. The number of para-hydroxylation sites is 2. The van der Waals surface area contributed by atoms with Gasteiger partial charge in [-0.15, -0.1) is 0 Å². The molecule has 0 saturated carbocycles. The van der Waals surface area contributed by atoms with Crippen LogP contribution in [0.4, 0.5) is 5.88 Å². The molecule has 1 aliphatic rings. The Bertz CT molecular complexity index is 974. The number of aromatic nitrogens is 2. The first-order chi connectivity index (χ1) is 13.1. The number of carboxylic acids is 1. The lowest BCUT2D eigenvalue weighted by Crippen LogP contribution is -2.36. The SMILES string of the molecule is O=C(O)/C(=C/c1cc(Br)c(N2CCOCC2)o1)Sc1nc2ccccc2[nH]1. The molecular weight excluding hydrogens is 434 g/mol. The summed E-state index contributed by atoms with van der Waals surface area (Å²) >= 11 is 4.55. The van der Waals surface area contributed by atoms with Crippen molar-refractivity contribution in [1.82, 2.24) is 9.97 Å². The molecule has 4 rings (SSSR count). The minimum Gasteiger partial charge on any atom is -0.477 e. The lowest BCUT2D eigenvalue weighted by atomic mass is 10.3. The van der Waals surface area contributed by atoms with Crippen molar-refractivity contribution in [2.24, 2.45) is 0 Å². The van der Waals surface area contributed by atoms with Gasteiger partial charge in [-0.05, 0) is 39.8 Å². The highest BCUT2D eigenvalue weighted by Gasteiger charge is 2.20. The third-order valence-electron chi connectivity index (χ3n) is 4.04. The molecule has 1 saturated heterocycles. The number of rotatable bonds is 5. The molecule has 2 N–H and O–H groups in total. The molecular formula is C18H16BrN3O4S. The van der Waals surface area contributed by atoms with Crippen molar-refractivity contribution in [3.8, 4) is 0 Å². The van der Waals surface area contributed by atoms with Crippen LogP contribution in [0.1, 0.15) is 5.76 Å². The minimum atomic E-state index is -1.04. The fraction of sp³-hybridized carbons (Fsp3) is 0.222. The Labute approximate surface area is 167 Å². The fourth-order valence-electron chi connectivity index (χ4n) is 2.78. The van der Waals surface area contributed by atoms with E-state index >= 15 is 0 Å². The molecule has 0 amide bonds. The highest BCUT2D eigenvalue weighted by Crippen LogP contribution is 2.34. The van der Waals surface area contributed by atoms with Gasteiger partial charge in [0, 0.05) is 25.2 Å². The number of aliphatic carboxylic acids is 1. The normalized spacial score (nSPS) is 15.4. The van der Waals surface area contributed by atoms with Crippen LogP contribution in [0.5, 0.6) is 0 Å². The number of nitrogens with zero attached hydrogens (tertiary/aromatic N) is 2. The molecule has 1 fully saturated rings. The molecule has 7 nitrogen and oxygen atoms in total. The summed E-state index contributed by atoms with van der Waals surface area (Å²) in [6.07, 6.45) is 1.51. The third-order valence-corrected chi connectivity index (χ3v) is 5.51. The van der Waals surface area contributed by atoms with Crippen LogP contribution < -0.4 is 4.90 Å². The van der Waals surface area contributed by atoms with E-state index in [1.54, 1.807) is 6.07 Å². The quantitative estimate of drug-likeness (QED) is 0.449. The summed E-state index contributed by atoms with van der Waals surface area (Å²) in [5, 5.41) is 10.1. The number of morpholine rings is 1. The number of benzene rings is 1. The van der Waals surface area contributed by atoms with E-state index < -0.39 is 5.97 Å². The zero-order valence-electron chi connectivity index (χ0n) is 14.1. The molecule has 1 aromatic carbocycles. The number of H-pyrrole nitrogens is 1. The number of carbonyl (C=O) groups is 1. The predicted octanol–water partition coefficient (Wildman–Crippen LogP) is 3.97. The zero-order chi connectivity index (χ0) is 18.8. The second-order valence-electron chi connectivity index (χ2n) is 5.88. The molecule has 27 heavy (non-hydrogen) atoms. The smallest absolute Gasteiger partial charge is 0.342 e. The van der Waals surface area contributed by atoms with Crippen LogP contribution in [-0.2, 0) is 9.53 Å². The molecule has 9 heteroatoms. The number of halogens is 1. The Kier molecular flexibility index (Phi) is 5.24. The first kappa shape index (κ1) is 18.1. The van der Waals surface area contributed by atoms with Crippen LogP contribution in [0.3, 0.4) is 0 Å². The number of carboxylic acid groups (broad SMARTS) is 1. The van der Waals surface area contributed by atoms with Crippen molar-refractivity contribution in [3.05, 3.63) is 45.5 Å². The van der Waals surface area contributed by atoms with Crippen molar-refractivity contribution < 1.29 is 19.1 Å². The van der Waals surface area contributed by atoms with Gasteiger partial charge in [-0.1, -0.05) is 12.1 Å². The standard InChI is InChI=1S/C18H16BrN3O4S/c19-12-9-11(26-16(12)22-5-7-25-8-6-22)10-15(17(23)24)27-18-20-13-3-1-2-4-14(13)21-18/h1-4,9-10H,5-8H2,(H,20,21)(H,23,24)/b15-10-. The Morgan fingerprint density at radius 3 is 2.85 bits per heavy atom. The monoisotopic (exact) mass is 449 g/mol. The van der Waals surface area contributed by atoms with Gasteiger partial charge in [-0.2, -0.15) is 0 Å². The molecule has 0 spiro atoms. The van der Waals surface area contributed by atoms with Gasteiger partial charge in [-0.25, -0.2) is 9.78 Å². The number of hydrogen-bond donors (Lipinski definition) is 2. The van der Waals surface area contributed by atoms with E-state index in [2.05, 4.69) is 30.8 Å². The Hall–Kier alpha value is -2.23. The van der Waals surface area contributed by atoms with Gasteiger partial charge < -0.3 is 24.1 Å². The number of nitrogens with one attached hydrogen (secondary N) is 1. The summed E-state index contributed by atoms with van der Waals surface area (Å²) in [6.45, 7) is 2.74. The second kappa shape index (κ2) is 7.79. The topological polar surface area (TPSA) is 91.6 Å². The van der Waals surface area contributed by atoms with Crippen molar-refractivity contribution in [1.29, 1.82) is 0 Å². The van der Waals surface area contributed by atoms with Crippen LogP contribution in [-0.4, -0.2) is 47.3 Å². The molecule has 0 unspecified atom stereocenters. The van der Waals surface area contributed by atoms with Gasteiger partial charge in [0.25, 0.3) is 0 Å². The maximum atomic E-state index is 11.7. The second-order valence-corrected chi connectivity index (χ2v) is 7.76. The number of imidazole rings is 1. The highest BCUT2D eigenvalue weighted by atomic mass is 79.9. The Morgan fingerprint density at radius 2 is 2.11 bits per heavy atom. The number of anilines is 1. The molecule has 0 aliphatic carbocycles. The summed E-state index contributed by atoms with van der Waals surface area (Å²) in [7, 11) is 0. The summed E-state index contributed by atoms with van der Waals surface area (Å²) in [6, 6.07) is 9.33. The number of fused-ring (bicyclic) bond motifs is 1. The molecule has 0 bridgehead atoms. The lowest BCUT2D eigenvalue weighted by Gasteiger charge is -2.26. The third kappa shape index (κ3) is 4.05. The van der Waals surface area contributed by atoms with E-state index in [1.165, 1.54) is 6.08 Å². The van der Waals surface area contributed by atoms with Crippen LogP contribution in [0.2, 0.25) is 0 Å². The molecule has 0 atom stereocenters. The molecule has 3 aromatic rings. The van der Waals surface area contributed by atoms with E-state index in [4.69, 9.17) is 9.15 Å². The molecule has 0 radical (unpaired) electrons. The van der Waals surface area contributed by atoms with E-state index in [0.717, 1.165) is 40.4 Å². The Balaban J connectivity index is 1.60. The van der Waals surface area contributed by atoms with Crippen LogP contribution in [0, 0.1) is 0 Å². The van der Waals surface area contributed by atoms with E-state index in [-0.39, 0.29) is 4.91 Å². The predicted molar refractivity (Wildman–Crippen MR) is 107 cm³/mol. The van der Waals surface area contributed by atoms with E-state index in [9.17, 15) is 9.90 Å². The molecule has 140 valence electrons. The lowest BCUT2D eigenvalue weighted by molar-refractivity contribution is -0.131. The number of furan rings is 1. The minimum absolute atomic E-state index is 0.115. The van der Waals surface area contributed by atoms with Crippen LogP contribution in [0.25, 0.3) is 17.1 Å². The Morgan fingerprint density at radius 1 is 1.33 bits per heavy atom. The summed E-state index contributed by atoms with van der Waals surface area (Å²) < 4.78 is 12.0. The first-order valence-electron chi connectivity index (χ1n) is 8.30. The first-order valence-corrected chi connectivity index (χ1v) is 9.91. The maximum absolute atomic E-state index is 11.7. The number of aromatic amines is 1. The summed E-state index contributed by atoms with van der Waals surface area (Å²) in [4.78, 5) is 21.4. The average molecular weight is 450 g/mol. The van der Waals surface area contributed by atoms with Gasteiger partial charge in [0.2, 0.25) is 5.88 Å². The molecule has 2 aromatic heterocycles. The van der Waals surface area contributed by atoms with Crippen molar-refractivity contribution in [3.63, 3.8) is 0 Å². The van der Waals surface area contributed by atoms with Crippen molar-refractivity contribution >= 4 is 56.7 Å². The van der Waals surface area contributed by atoms with Crippen molar-refractivity contribution in [2.45, 2.75) is 5.16 Å². The van der Waals surface area contributed by atoms with Gasteiger partial charge in [0.15, 0.2) is 5.16 Å². The van der Waals surface area contributed by atoms with Gasteiger partial charge >= 0.3 is 5.97 Å². The number of thioether (sulfide) groups is 1. The van der Waals surface area contributed by atoms with E-state index in [0.29, 0.717) is 30.0 Å². The van der Waals surface area contributed by atoms with Gasteiger partial charge in [0.05, 0.1) is 28.7 Å². The van der Waals surface area contributed by atoms with Crippen LogP contribution in [0.15, 0.2) is 49.3 Å². The number of hydrogen-bond acceptors (Lipinski definition) is 6. The summed E-state index contributed by atoms with van der Waals surface area (Å²) in [5.74, 6) is 0.105. The summed E-state index contributed by atoms with van der Waals surface area (Å²) in [5.41, 5.74) is 1.65. The number of ether oxygens (including phenoxy) is 1. The van der Waals surface area contributed by atoms with Crippen molar-refractivity contribution in [2.75, 3.05) is 31.2 Å². The molecule has 1 aliphatic heterocycles. The van der Waals surface area contributed by atoms with Gasteiger partial charge in [-0.3, -0.25) is 0 Å². The maximum Gasteiger partial charge on any atom is 0.342 e. The van der Waals surface area contributed by atoms with Gasteiger partial charge in [0.1, 0.15) is 10.7 Å². The zero-order valence-corrected chi connectivity index (χ0v) is 16.5. The van der Waals surface area contributed by atoms with Crippen LogP contribution >= 0.6 is 27.7 Å². The van der Waals surface area contributed by atoms with E-state index in [1.807, 2.05) is 24.3 Å².